The molecule has 0 heterocycles. The summed E-state index contributed by atoms with van der Waals surface area (Å²) in [5.74, 6) is 0.764. The van der Waals surface area contributed by atoms with Crippen LogP contribution in [0.5, 0.6) is 11.5 Å². The number of hydrogen-bond donors (Lipinski definition) is 2. The van der Waals surface area contributed by atoms with E-state index in [1.165, 1.54) is 0 Å². The number of hydrazine groups is 1. The number of hydrogen-bond acceptors (Lipinski definition) is 4. The molecule has 1 aliphatic carbocycles. The molecule has 6 nitrogen and oxygen atoms in total. The Balaban J connectivity index is 1.36. The Kier molecular flexibility index (Phi) is 6.68. The predicted octanol–water partition coefficient (Wildman–Crippen LogP) is 2.98. The van der Waals surface area contributed by atoms with Gasteiger partial charge in [-0.2, -0.15) is 0 Å². The second-order valence-electron chi connectivity index (χ2n) is 6.55. The van der Waals surface area contributed by atoms with Crippen molar-refractivity contribution in [3.63, 3.8) is 0 Å². The summed E-state index contributed by atoms with van der Waals surface area (Å²) in [4.78, 5) is 23.6. The molecule has 6 heteroatoms. The molecule has 2 N–H and O–H groups in total. The number of benzene rings is 2. The highest BCUT2D eigenvalue weighted by Crippen LogP contribution is 2.24. The van der Waals surface area contributed by atoms with Gasteiger partial charge in [-0.1, -0.05) is 43.2 Å². The Hall–Kier alpha value is -3.02. The SMILES string of the molecule is O=C(COc1ccc(OCc2ccccc2)cc1)NNC(=O)C1CCCC1. The van der Waals surface area contributed by atoms with Crippen molar-refractivity contribution in [3.05, 3.63) is 60.2 Å². The van der Waals surface area contributed by atoms with Crippen LogP contribution in [0.1, 0.15) is 31.2 Å². The normalized spacial score (nSPS) is 13.8. The molecule has 0 aliphatic heterocycles. The fourth-order valence-corrected chi connectivity index (χ4v) is 2.98. The quantitative estimate of drug-likeness (QED) is 0.737. The Morgan fingerprint density at radius 2 is 1.48 bits per heavy atom. The Labute approximate surface area is 158 Å². The average molecular weight is 368 g/mol. The summed E-state index contributed by atoms with van der Waals surface area (Å²) in [6.07, 6.45) is 3.91. The van der Waals surface area contributed by atoms with Gasteiger partial charge in [0.05, 0.1) is 0 Å². The maximum absolute atomic E-state index is 11.8. The Morgan fingerprint density at radius 1 is 0.852 bits per heavy atom. The number of rotatable bonds is 7. The third-order valence-electron chi connectivity index (χ3n) is 4.49. The summed E-state index contributed by atoms with van der Waals surface area (Å²) < 4.78 is 11.1. The molecule has 0 atom stereocenters. The smallest absolute Gasteiger partial charge is 0.276 e. The average Bonchev–Trinajstić information content (AvgIpc) is 3.25. The van der Waals surface area contributed by atoms with Crippen molar-refractivity contribution in [2.75, 3.05) is 6.61 Å². The van der Waals surface area contributed by atoms with Gasteiger partial charge in [0.15, 0.2) is 6.61 Å². The first kappa shape index (κ1) is 18.8. The lowest BCUT2D eigenvalue weighted by Crippen LogP contribution is -2.45. The highest BCUT2D eigenvalue weighted by molar-refractivity contribution is 5.84. The van der Waals surface area contributed by atoms with E-state index in [1.807, 2.05) is 30.3 Å². The minimum absolute atomic E-state index is 0.00893. The third kappa shape index (κ3) is 6.02. The standard InChI is InChI=1S/C21H24N2O4/c24-20(22-23-21(25)17-8-4-5-9-17)15-27-19-12-10-18(11-13-19)26-14-16-6-2-1-3-7-16/h1-3,6-7,10-13,17H,4-5,8-9,14-15H2,(H,22,24)(H,23,25). The van der Waals surface area contributed by atoms with E-state index in [0.29, 0.717) is 12.4 Å². The molecule has 1 aliphatic rings. The van der Waals surface area contributed by atoms with E-state index in [4.69, 9.17) is 9.47 Å². The van der Waals surface area contributed by atoms with Gasteiger partial charge in [0.25, 0.3) is 5.91 Å². The minimum Gasteiger partial charge on any atom is -0.489 e. The largest absolute Gasteiger partial charge is 0.489 e. The Morgan fingerprint density at radius 3 is 2.15 bits per heavy atom. The minimum atomic E-state index is -0.397. The van der Waals surface area contributed by atoms with Gasteiger partial charge in [0, 0.05) is 5.92 Å². The zero-order valence-corrected chi connectivity index (χ0v) is 15.1. The van der Waals surface area contributed by atoms with Crippen molar-refractivity contribution in [2.45, 2.75) is 32.3 Å². The number of carbonyl (C=O) groups is 2. The second-order valence-corrected chi connectivity index (χ2v) is 6.55. The number of amides is 2. The van der Waals surface area contributed by atoms with E-state index in [2.05, 4.69) is 10.9 Å². The molecule has 2 aromatic rings. The molecule has 0 saturated heterocycles. The van der Waals surface area contributed by atoms with E-state index in [1.54, 1.807) is 24.3 Å². The van der Waals surface area contributed by atoms with Crippen molar-refractivity contribution >= 4 is 11.8 Å². The van der Waals surface area contributed by atoms with E-state index in [9.17, 15) is 9.59 Å². The topological polar surface area (TPSA) is 76.7 Å². The van der Waals surface area contributed by atoms with E-state index in [-0.39, 0.29) is 18.4 Å². The molecule has 142 valence electrons. The van der Waals surface area contributed by atoms with Crippen molar-refractivity contribution < 1.29 is 19.1 Å². The summed E-state index contributed by atoms with van der Waals surface area (Å²) in [7, 11) is 0. The van der Waals surface area contributed by atoms with Gasteiger partial charge in [-0.15, -0.1) is 0 Å². The van der Waals surface area contributed by atoms with Crippen molar-refractivity contribution in [1.29, 1.82) is 0 Å². The van der Waals surface area contributed by atoms with E-state index >= 15 is 0 Å². The van der Waals surface area contributed by atoms with Crippen LogP contribution in [0.2, 0.25) is 0 Å². The molecule has 1 fully saturated rings. The molecule has 1 saturated carbocycles. The molecule has 3 rings (SSSR count). The van der Waals surface area contributed by atoms with Crippen molar-refractivity contribution in [2.24, 2.45) is 5.92 Å². The lowest BCUT2D eigenvalue weighted by atomic mass is 10.1. The lowest BCUT2D eigenvalue weighted by molar-refractivity contribution is -0.132. The summed E-state index contributed by atoms with van der Waals surface area (Å²) in [6, 6.07) is 17.0. The van der Waals surface area contributed by atoms with Crippen LogP contribution in [0.3, 0.4) is 0 Å². The fraction of sp³-hybridized carbons (Fsp3) is 0.333. The monoisotopic (exact) mass is 368 g/mol. The second kappa shape index (κ2) is 9.62. The van der Waals surface area contributed by atoms with Crippen molar-refractivity contribution in [1.82, 2.24) is 10.9 Å². The number of carbonyl (C=O) groups excluding carboxylic acids is 2. The zero-order valence-electron chi connectivity index (χ0n) is 15.1. The van der Waals surface area contributed by atoms with Crippen LogP contribution >= 0.6 is 0 Å². The molecular weight excluding hydrogens is 344 g/mol. The summed E-state index contributed by atoms with van der Waals surface area (Å²) in [6.45, 7) is 0.319. The summed E-state index contributed by atoms with van der Waals surface area (Å²) in [5, 5.41) is 0. The predicted molar refractivity (Wildman–Crippen MR) is 101 cm³/mol. The van der Waals surface area contributed by atoms with Gasteiger partial charge in [0.1, 0.15) is 18.1 Å². The first-order valence-corrected chi connectivity index (χ1v) is 9.19. The molecule has 2 aromatic carbocycles. The first-order valence-electron chi connectivity index (χ1n) is 9.19. The molecule has 0 unspecified atom stereocenters. The van der Waals surface area contributed by atoms with Crippen LogP contribution in [-0.2, 0) is 16.2 Å². The van der Waals surface area contributed by atoms with Gasteiger partial charge in [-0.3, -0.25) is 20.4 Å². The van der Waals surface area contributed by atoms with E-state index in [0.717, 1.165) is 37.0 Å². The molecule has 0 aromatic heterocycles. The van der Waals surface area contributed by atoms with Gasteiger partial charge in [-0.05, 0) is 42.7 Å². The van der Waals surface area contributed by atoms with Gasteiger partial charge in [-0.25, -0.2) is 0 Å². The van der Waals surface area contributed by atoms with Gasteiger partial charge >= 0.3 is 0 Å². The highest BCUT2D eigenvalue weighted by atomic mass is 16.5. The van der Waals surface area contributed by atoms with E-state index < -0.39 is 5.91 Å². The van der Waals surface area contributed by atoms with Gasteiger partial charge < -0.3 is 9.47 Å². The van der Waals surface area contributed by atoms with Crippen molar-refractivity contribution in [3.8, 4) is 11.5 Å². The first-order chi connectivity index (χ1) is 13.2. The van der Waals surface area contributed by atoms with Crippen LogP contribution in [0, 0.1) is 5.92 Å². The molecule has 0 bridgehead atoms. The number of ether oxygens (including phenoxy) is 2. The Bertz CT molecular complexity index is 741. The van der Waals surface area contributed by atoms with Crippen LogP contribution in [0.4, 0.5) is 0 Å². The maximum Gasteiger partial charge on any atom is 0.276 e. The molecule has 2 amide bonds. The zero-order chi connectivity index (χ0) is 18.9. The highest BCUT2D eigenvalue weighted by Gasteiger charge is 2.22. The van der Waals surface area contributed by atoms with Crippen LogP contribution in [0.25, 0.3) is 0 Å². The fourth-order valence-electron chi connectivity index (χ4n) is 2.98. The van der Waals surface area contributed by atoms with Crippen LogP contribution in [-0.4, -0.2) is 18.4 Å². The summed E-state index contributed by atoms with van der Waals surface area (Å²) in [5.41, 5.74) is 5.95. The summed E-state index contributed by atoms with van der Waals surface area (Å²) >= 11 is 0. The number of nitrogens with one attached hydrogen (secondary N) is 2. The molecule has 27 heavy (non-hydrogen) atoms. The molecule has 0 radical (unpaired) electrons. The van der Waals surface area contributed by atoms with Crippen LogP contribution < -0.4 is 20.3 Å². The molecule has 0 spiro atoms. The molecular formula is C21H24N2O4. The third-order valence-corrected chi connectivity index (χ3v) is 4.49. The lowest BCUT2D eigenvalue weighted by Gasteiger charge is -2.12. The van der Waals surface area contributed by atoms with Crippen LogP contribution in [0.15, 0.2) is 54.6 Å². The van der Waals surface area contributed by atoms with Gasteiger partial charge in [0.2, 0.25) is 5.91 Å². The maximum atomic E-state index is 11.8.